The average molecular weight is 238 g/mol. The van der Waals surface area contributed by atoms with Crippen molar-refractivity contribution in [2.24, 2.45) is 11.3 Å². The summed E-state index contributed by atoms with van der Waals surface area (Å²) in [6, 6.07) is 0.789. The van der Waals surface area contributed by atoms with Crippen molar-refractivity contribution < 1.29 is 0 Å². The van der Waals surface area contributed by atoms with Gasteiger partial charge in [0, 0.05) is 25.7 Å². The van der Waals surface area contributed by atoms with E-state index < -0.39 is 0 Å². The van der Waals surface area contributed by atoms with Gasteiger partial charge in [-0.15, -0.1) is 0 Å². The van der Waals surface area contributed by atoms with Gasteiger partial charge >= 0.3 is 0 Å². The second-order valence-corrected chi connectivity index (χ2v) is 6.98. The van der Waals surface area contributed by atoms with E-state index in [2.05, 4.69) is 37.7 Å². The SMILES string of the molecule is CCN(C1CC(C)CC(C)(C)C1)N1CCCC1. The summed E-state index contributed by atoms with van der Waals surface area (Å²) >= 11 is 0. The molecule has 0 spiro atoms. The lowest BCUT2D eigenvalue weighted by Gasteiger charge is -2.46. The van der Waals surface area contributed by atoms with Crippen LogP contribution < -0.4 is 0 Å². The Morgan fingerprint density at radius 1 is 1.18 bits per heavy atom. The van der Waals surface area contributed by atoms with Crippen LogP contribution in [0.1, 0.15) is 59.8 Å². The quantitative estimate of drug-likeness (QED) is 0.742. The Morgan fingerprint density at radius 2 is 1.82 bits per heavy atom. The molecule has 2 fully saturated rings. The summed E-state index contributed by atoms with van der Waals surface area (Å²) in [5.74, 6) is 0.889. The molecule has 17 heavy (non-hydrogen) atoms. The van der Waals surface area contributed by atoms with Gasteiger partial charge in [-0.25, -0.2) is 10.0 Å². The van der Waals surface area contributed by atoms with Crippen LogP contribution in [-0.4, -0.2) is 35.7 Å². The topological polar surface area (TPSA) is 6.48 Å². The summed E-state index contributed by atoms with van der Waals surface area (Å²) in [4.78, 5) is 0. The Bertz CT molecular complexity index is 243. The first-order chi connectivity index (χ1) is 8.02. The van der Waals surface area contributed by atoms with E-state index in [-0.39, 0.29) is 0 Å². The van der Waals surface area contributed by atoms with Crippen molar-refractivity contribution in [2.75, 3.05) is 19.6 Å². The maximum atomic E-state index is 2.68. The molecule has 0 aromatic heterocycles. The van der Waals surface area contributed by atoms with Gasteiger partial charge in [0.1, 0.15) is 0 Å². The highest BCUT2D eigenvalue weighted by atomic mass is 15.6. The van der Waals surface area contributed by atoms with Crippen LogP contribution in [0, 0.1) is 11.3 Å². The second kappa shape index (κ2) is 5.27. The number of hydrogen-bond acceptors (Lipinski definition) is 2. The van der Waals surface area contributed by atoms with Crippen molar-refractivity contribution in [3.8, 4) is 0 Å². The zero-order valence-corrected chi connectivity index (χ0v) is 12.2. The molecule has 2 heteroatoms. The van der Waals surface area contributed by atoms with Gasteiger partial charge in [0.05, 0.1) is 0 Å². The summed E-state index contributed by atoms with van der Waals surface area (Å²) in [6.07, 6.45) is 6.96. The third-order valence-corrected chi connectivity index (χ3v) is 4.55. The molecule has 2 atom stereocenters. The first-order valence-electron chi connectivity index (χ1n) is 7.53. The van der Waals surface area contributed by atoms with Crippen LogP contribution >= 0.6 is 0 Å². The first-order valence-corrected chi connectivity index (χ1v) is 7.53. The number of rotatable bonds is 3. The van der Waals surface area contributed by atoms with Crippen molar-refractivity contribution in [1.82, 2.24) is 10.0 Å². The average Bonchev–Trinajstić information content (AvgIpc) is 2.68. The lowest BCUT2D eigenvalue weighted by molar-refractivity contribution is -0.0730. The lowest BCUT2D eigenvalue weighted by atomic mass is 9.70. The van der Waals surface area contributed by atoms with Gasteiger partial charge in [-0.2, -0.15) is 0 Å². The number of hydrazine groups is 1. The van der Waals surface area contributed by atoms with Crippen LogP contribution in [-0.2, 0) is 0 Å². The van der Waals surface area contributed by atoms with E-state index in [0.29, 0.717) is 5.41 Å². The molecule has 2 aliphatic rings. The minimum Gasteiger partial charge on any atom is -0.242 e. The van der Waals surface area contributed by atoms with Crippen LogP contribution in [0.25, 0.3) is 0 Å². The Kier molecular flexibility index (Phi) is 4.14. The van der Waals surface area contributed by atoms with Crippen molar-refractivity contribution in [2.45, 2.75) is 65.8 Å². The molecule has 1 aliphatic carbocycles. The third kappa shape index (κ3) is 3.23. The smallest absolute Gasteiger partial charge is 0.0253 e. The summed E-state index contributed by atoms with van der Waals surface area (Å²) in [7, 11) is 0. The van der Waals surface area contributed by atoms with Crippen molar-refractivity contribution >= 4 is 0 Å². The molecule has 1 saturated carbocycles. The minimum absolute atomic E-state index is 0.537. The Balaban J connectivity index is 2.02. The van der Waals surface area contributed by atoms with Crippen LogP contribution in [0.15, 0.2) is 0 Å². The van der Waals surface area contributed by atoms with E-state index in [1.807, 2.05) is 0 Å². The van der Waals surface area contributed by atoms with E-state index in [1.54, 1.807) is 0 Å². The fourth-order valence-corrected chi connectivity index (χ4v) is 4.17. The largest absolute Gasteiger partial charge is 0.242 e. The van der Waals surface area contributed by atoms with Gasteiger partial charge < -0.3 is 0 Å². The zero-order valence-electron chi connectivity index (χ0n) is 12.2. The zero-order chi connectivity index (χ0) is 12.5. The molecule has 100 valence electrons. The maximum Gasteiger partial charge on any atom is 0.0253 e. The minimum atomic E-state index is 0.537. The molecule has 2 rings (SSSR count). The summed E-state index contributed by atoms with van der Waals surface area (Å²) in [5, 5.41) is 5.31. The van der Waals surface area contributed by atoms with Gasteiger partial charge in [-0.1, -0.05) is 27.7 Å². The van der Waals surface area contributed by atoms with Crippen LogP contribution in [0.2, 0.25) is 0 Å². The van der Waals surface area contributed by atoms with Crippen LogP contribution in [0.5, 0.6) is 0 Å². The molecule has 0 aromatic rings. The van der Waals surface area contributed by atoms with Crippen LogP contribution in [0.4, 0.5) is 0 Å². The predicted octanol–water partition coefficient (Wildman–Crippen LogP) is 3.53. The van der Waals surface area contributed by atoms with Crippen molar-refractivity contribution in [3.63, 3.8) is 0 Å². The van der Waals surface area contributed by atoms with E-state index in [0.717, 1.165) is 12.0 Å². The molecule has 2 unspecified atom stereocenters. The number of hydrogen-bond donors (Lipinski definition) is 0. The Labute approximate surface area is 107 Å². The Morgan fingerprint density at radius 3 is 2.35 bits per heavy atom. The highest BCUT2D eigenvalue weighted by molar-refractivity contribution is 4.87. The van der Waals surface area contributed by atoms with E-state index in [1.165, 1.54) is 51.7 Å². The van der Waals surface area contributed by atoms with Gasteiger partial charge in [-0.3, -0.25) is 0 Å². The highest BCUT2D eigenvalue weighted by Gasteiger charge is 2.36. The maximum absolute atomic E-state index is 2.68. The third-order valence-electron chi connectivity index (χ3n) is 4.55. The molecular formula is C15H30N2. The molecule has 0 N–H and O–H groups in total. The molecule has 2 nitrogen and oxygen atoms in total. The van der Waals surface area contributed by atoms with E-state index in [9.17, 15) is 0 Å². The summed E-state index contributed by atoms with van der Waals surface area (Å²) < 4.78 is 0. The van der Waals surface area contributed by atoms with Crippen molar-refractivity contribution in [3.05, 3.63) is 0 Å². The normalized spacial score (nSPS) is 34.4. The number of nitrogens with zero attached hydrogens (tertiary/aromatic N) is 2. The fraction of sp³-hybridized carbons (Fsp3) is 1.00. The van der Waals surface area contributed by atoms with Crippen molar-refractivity contribution in [1.29, 1.82) is 0 Å². The molecule has 1 heterocycles. The Hall–Kier alpha value is -0.0800. The molecule has 1 saturated heterocycles. The lowest BCUT2D eigenvalue weighted by Crippen LogP contribution is -2.51. The first kappa shape index (κ1) is 13.4. The summed E-state index contributed by atoms with van der Waals surface area (Å²) in [5.41, 5.74) is 0.537. The summed E-state index contributed by atoms with van der Waals surface area (Å²) in [6.45, 7) is 13.4. The molecule has 1 aliphatic heterocycles. The fourth-order valence-electron chi connectivity index (χ4n) is 4.17. The monoisotopic (exact) mass is 238 g/mol. The van der Waals surface area contributed by atoms with Gasteiger partial charge in [0.2, 0.25) is 0 Å². The molecule has 0 amide bonds. The molecular weight excluding hydrogens is 208 g/mol. The van der Waals surface area contributed by atoms with E-state index in [4.69, 9.17) is 0 Å². The molecule has 0 aromatic carbocycles. The van der Waals surface area contributed by atoms with E-state index >= 15 is 0 Å². The molecule has 0 bridgehead atoms. The highest BCUT2D eigenvalue weighted by Crippen LogP contribution is 2.40. The van der Waals surface area contributed by atoms with Gasteiger partial charge in [-0.05, 0) is 43.4 Å². The van der Waals surface area contributed by atoms with Crippen LogP contribution in [0.3, 0.4) is 0 Å². The standard InChI is InChI=1S/C15H30N2/c1-5-17(16-8-6-7-9-16)14-10-13(2)11-15(3,4)12-14/h13-14H,5-12H2,1-4H3. The van der Waals surface area contributed by atoms with Gasteiger partial charge in [0.15, 0.2) is 0 Å². The van der Waals surface area contributed by atoms with Gasteiger partial charge in [0.25, 0.3) is 0 Å². The second-order valence-electron chi connectivity index (χ2n) is 6.98. The molecule has 0 radical (unpaired) electrons. The predicted molar refractivity (Wildman–Crippen MR) is 73.8 cm³/mol.